The van der Waals surface area contributed by atoms with Crippen LogP contribution in [0.5, 0.6) is 0 Å². The summed E-state index contributed by atoms with van der Waals surface area (Å²) < 4.78 is 1.70. The van der Waals surface area contributed by atoms with Crippen LogP contribution in [0.2, 0.25) is 0 Å². The van der Waals surface area contributed by atoms with Crippen molar-refractivity contribution in [3.05, 3.63) is 48.5 Å². The molecule has 0 fully saturated rings. The molecule has 0 saturated carbocycles. The van der Waals surface area contributed by atoms with Gasteiger partial charge in [-0.25, -0.2) is 4.98 Å². The average molecular weight is 266 g/mol. The second-order valence-electron chi connectivity index (χ2n) is 4.34. The maximum absolute atomic E-state index is 5.76. The molecule has 0 aliphatic carbocycles. The Morgan fingerprint density at radius 1 is 1.10 bits per heavy atom. The summed E-state index contributed by atoms with van der Waals surface area (Å²) in [7, 11) is 0. The maximum atomic E-state index is 5.76. The van der Waals surface area contributed by atoms with E-state index < -0.39 is 0 Å². The van der Waals surface area contributed by atoms with Gasteiger partial charge >= 0.3 is 0 Å². The summed E-state index contributed by atoms with van der Waals surface area (Å²) in [5.41, 5.74) is 7.95. The van der Waals surface area contributed by atoms with E-state index in [-0.39, 0.29) is 5.95 Å². The zero-order chi connectivity index (χ0) is 13.9. The predicted octanol–water partition coefficient (Wildman–Crippen LogP) is 1.87. The Kier molecular flexibility index (Phi) is 3.12. The minimum atomic E-state index is 0.193. The van der Waals surface area contributed by atoms with Crippen LogP contribution in [0.4, 0.5) is 5.95 Å². The van der Waals surface area contributed by atoms with Crippen LogP contribution in [0.1, 0.15) is 12.5 Å². The smallest absolute Gasteiger partial charge is 0.240 e. The number of rotatable bonds is 3. The van der Waals surface area contributed by atoms with Gasteiger partial charge in [0, 0.05) is 18.0 Å². The molecule has 3 aromatic rings. The number of hydrogen-bond acceptors (Lipinski definition) is 5. The molecule has 0 spiro atoms. The largest absolute Gasteiger partial charge is 0.368 e. The third kappa shape index (κ3) is 2.35. The summed E-state index contributed by atoms with van der Waals surface area (Å²) in [5, 5.41) is 0. The second kappa shape index (κ2) is 5.08. The van der Waals surface area contributed by atoms with E-state index in [4.69, 9.17) is 5.73 Å². The van der Waals surface area contributed by atoms with Crippen molar-refractivity contribution >= 4 is 5.95 Å². The van der Waals surface area contributed by atoms with E-state index in [1.54, 1.807) is 23.3 Å². The van der Waals surface area contributed by atoms with Crippen LogP contribution in [0.3, 0.4) is 0 Å². The summed E-state index contributed by atoms with van der Waals surface area (Å²) in [6.07, 6.45) is 6.05. The zero-order valence-electron chi connectivity index (χ0n) is 11.1. The van der Waals surface area contributed by atoms with Crippen LogP contribution in [-0.2, 0) is 6.42 Å². The Hall–Kier alpha value is -2.76. The molecular formula is C14H14N6. The number of hydrogen-bond donors (Lipinski definition) is 1. The van der Waals surface area contributed by atoms with Crippen molar-refractivity contribution in [2.75, 3.05) is 5.73 Å². The van der Waals surface area contributed by atoms with Gasteiger partial charge in [-0.05, 0) is 12.0 Å². The molecule has 0 amide bonds. The molecule has 0 aliphatic heterocycles. The van der Waals surface area contributed by atoms with Gasteiger partial charge in [-0.3, -0.25) is 4.57 Å². The molecule has 6 nitrogen and oxygen atoms in total. The predicted molar refractivity (Wildman–Crippen MR) is 76.2 cm³/mol. The highest BCUT2D eigenvalue weighted by atomic mass is 15.2. The van der Waals surface area contributed by atoms with E-state index >= 15 is 0 Å². The summed E-state index contributed by atoms with van der Waals surface area (Å²) in [6, 6.07) is 8.11. The molecule has 0 saturated heterocycles. The fourth-order valence-corrected chi connectivity index (χ4v) is 1.89. The molecule has 0 radical (unpaired) electrons. The first-order valence-corrected chi connectivity index (χ1v) is 6.35. The van der Waals surface area contributed by atoms with E-state index in [1.165, 1.54) is 5.56 Å². The number of benzene rings is 1. The molecule has 20 heavy (non-hydrogen) atoms. The summed E-state index contributed by atoms with van der Waals surface area (Å²) >= 11 is 0. The van der Waals surface area contributed by atoms with Gasteiger partial charge < -0.3 is 5.73 Å². The van der Waals surface area contributed by atoms with Crippen molar-refractivity contribution in [3.8, 4) is 17.3 Å². The number of nitrogens with zero attached hydrogens (tertiary/aromatic N) is 5. The molecule has 0 unspecified atom stereocenters. The van der Waals surface area contributed by atoms with E-state index in [0.717, 1.165) is 12.0 Å². The molecule has 6 heteroatoms. The second-order valence-corrected chi connectivity index (χ2v) is 4.34. The molecule has 100 valence electrons. The fourth-order valence-electron chi connectivity index (χ4n) is 1.89. The molecule has 0 aliphatic rings. The van der Waals surface area contributed by atoms with E-state index in [9.17, 15) is 0 Å². The first-order valence-electron chi connectivity index (χ1n) is 6.35. The molecule has 2 heterocycles. The van der Waals surface area contributed by atoms with Crippen LogP contribution in [0.15, 0.2) is 43.0 Å². The summed E-state index contributed by atoms with van der Waals surface area (Å²) in [6.45, 7) is 2.12. The number of imidazole rings is 1. The molecule has 0 atom stereocenters. The van der Waals surface area contributed by atoms with Crippen LogP contribution >= 0.6 is 0 Å². The Bertz CT molecular complexity index is 703. The number of aryl methyl sites for hydroxylation is 1. The van der Waals surface area contributed by atoms with Gasteiger partial charge in [-0.2, -0.15) is 15.0 Å². The minimum Gasteiger partial charge on any atom is -0.368 e. The first-order chi connectivity index (χ1) is 9.76. The number of anilines is 1. The highest BCUT2D eigenvalue weighted by Gasteiger charge is 2.08. The Labute approximate surface area is 116 Å². The topological polar surface area (TPSA) is 82.5 Å². The molecule has 0 bridgehead atoms. The van der Waals surface area contributed by atoms with Crippen molar-refractivity contribution in [3.63, 3.8) is 0 Å². The highest BCUT2D eigenvalue weighted by molar-refractivity contribution is 5.57. The third-order valence-electron chi connectivity index (χ3n) is 3.00. The van der Waals surface area contributed by atoms with Crippen LogP contribution < -0.4 is 5.73 Å². The zero-order valence-corrected chi connectivity index (χ0v) is 11.1. The van der Waals surface area contributed by atoms with Gasteiger partial charge in [0.1, 0.15) is 6.33 Å². The summed E-state index contributed by atoms with van der Waals surface area (Å²) in [4.78, 5) is 16.7. The highest BCUT2D eigenvalue weighted by Crippen LogP contribution is 2.17. The van der Waals surface area contributed by atoms with Crippen LogP contribution in [0, 0.1) is 0 Å². The minimum absolute atomic E-state index is 0.193. The van der Waals surface area contributed by atoms with Gasteiger partial charge in [0.15, 0.2) is 5.82 Å². The lowest BCUT2D eigenvalue weighted by Crippen LogP contribution is -2.06. The Morgan fingerprint density at radius 2 is 1.90 bits per heavy atom. The lowest BCUT2D eigenvalue weighted by Gasteiger charge is -2.05. The van der Waals surface area contributed by atoms with Gasteiger partial charge in [0.25, 0.3) is 0 Å². The van der Waals surface area contributed by atoms with E-state index in [1.807, 2.05) is 12.1 Å². The maximum Gasteiger partial charge on any atom is 0.240 e. The van der Waals surface area contributed by atoms with E-state index in [2.05, 4.69) is 39.0 Å². The van der Waals surface area contributed by atoms with Crippen molar-refractivity contribution in [2.45, 2.75) is 13.3 Å². The normalized spacial score (nSPS) is 10.7. The monoisotopic (exact) mass is 266 g/mol. The number of nitrogens with two attached hydrogens (primary N) is 1. The molecule has 3 rings (SSSR count). The van der Waals surface area contributed by atoms with Gasteiger partial charge in [0.2, 0.25) is 11.9 Å². The molecule has 2 N–H and O–H groups in total. The fraction of sp³-hybridized carbons (Fsp3) is 0.143. The van der Waals surface area contributed by atoms with Crippen molar-refractivity contribution in [1.29, 1.82) is 0 Å². The Balaban J connectivity index is 2.04. The summed E-state index contributed by atoms with van der Waals surface area (Å²) in [5.74, 6) is 1.21. The lowest BCUT2D eigenvalue weighted by molar-refractivity contribution is 0.906. The van der Waals surface area contributed by atoms with Crippen LogP contribution in [0.25, 0.3) is 17.3 Å². The van der Waals surface area contributed by atoms with Crippen molar-refractivity contribution in [2.24, 2.45) is 0 Å². The molecular weight excluding hydrogens is 252 g/mol. The molecule has 2 aromatic heterocycles. The lowest BCUT2D eigenvalue weighted by atomic mass is 10.1. The van der Waals surface area contributed by atoms with Crippen molar-refractivity contribution < 1.29 is 0 Å². The third-order valence-corrected chi connectivity index (χ3v) is 3.00. The quantitative estimate of drug-likeness (QED) is 0.782. The SMILES string of the molecule is CCc1ccc(-c2nc(N)nc(-n3ccnc3)n2)cc1. The average Bonchev–Trinajstić information content (AvgIpc) is 3.01. The van der Waals surface area contributed by atoms with Gasteiger partial charge in [-0.1, -0.05) is 31.2 Å². The number of nitrogen functional groups attached to an aromatic ring is 1. The van der Waals surface area contributed by atoms with Crippen LogP contribution in [-0.4, -0.2) is 24.5 Å². The first kappa shape index (κ1) is 12.3. The Morgan fingerprint density at radius 3 is 2.55 bits per heavy atom. The van der Waals surface area contributed by atoms with Gasteiger partial charge in [0.05, 0.1) is 0 Å². The van der Waals surface area contributed by atoms with Crippen molar-refractivity contribution in [1.82, 2.24) is 24.5 Å². The van der Waals surface area contributed by atoms with E-state index in [0.29, 0.717) is 11.8 Å². The van der Waals surface area contributed by atoms with Gasteiger partial charge in [-0.15, -0.1) is 0 Å². The standard InChI is InChI=1S/C14H14N6/c1-2-10-3-5-11(6-4-10)12-17-13(15)19-14(18-12)20-8-7-16-9-20/h3-9H,2H2,1H3,(H2,15,17,18,19). The molecule has 1 aromatic carbocycles. The number of aromatic nitrogens is 5.